The number of hydrogen-bond acceptors (Lipinski definition) is 3. The van der Waals surface area contributed by atoms with Gasteiger partial charge in [0.15, 0.2) is 5.60 Å². The van der Waals surface area contributed by atoms with Gasteiger partial charge in [0, 0.05) is 22.9 Å². The van der Waals surface area contributed by atoms with E-state index in [1.54, 1.807) is 24.3 Å². The van der Waals surface area contributed by atoms with E-state index in [9.17, 15) is 14.7 Å². The summed E-state index contributed by atoms with van der Waals surface area (Å²) in [5.41, 5.74) is -0.743. The third-order valence-corrected chi connectivity index (χ3v) is 2.70. The van der Waals surface area contributed by atoms with E-state index in [-0.39, 0.29) is 5.57 Å². The smallest absolute Gasteiger partial charge is 0.328 e. The molecule has 1 aromatic rings. The molecule has 1 aromatic carbocycles. The number of amides is 1. The molecule has 1 aliphatic rings. The minimum Gasteiger partial charge on any atom is -0.478 e. The molecule has 5 nitrogen and oxygen atoms in total. The monoisotopic (exact) mass is 233 g/mol. The maximum absolute atomic E-state index is 11.7. The molecule has 1 unspecified atom stereocenters. The molecular formula is C12H11NO4. The van der Waals surface area contributed by atoms with Gasteiger partial charge in [-0.05, 0) is 13.0 Å². The van der Waals surface area contributed by atoms with Gasteiger partial charge in [0.2, 0.25) is 0 Å². The first-order chi connectivity index (χ1) is 7.93. The van der Waals surface area contributed by atoms with Crippen LogP contribution in [0, 0.1) is 0 Å². The van der Waals surface area contributed by atoms with Crippen LogP contribution in [-0.4, -0.2) is 27.7 Å². The van der Waals surface area contributed by atoms with E-state index in [2.05, 4.69) is 5.32 Å². The van der Waals surface area contributed by atoms with Crippen molar-refractivity contribution >= 4 is 23.1 Å². The Kier molecular flexibility index (Phi) is 2.48. The number of aliphatic hydroxyl groups is 1. The second-order valence-electron chi connectivity index (χ2n) is 3.97. The molecule has 1 amide bonds. The summed E-state index contributed by atoms with van der Waals surface area (Å²) < 4.78 is 0. The van der Waals surface area contributed by atoms with Gasteiger partial charge in [-0.3, -0.25) is 4.79 Å². The molecule has 0 radical (unpaired) electrons. The van der Waals surface area contributed by atoms with Crippen molar-refractivity contribution in [3.8, 4) is 0 Å². The number of carboxylic acids is 1. The van der Waals surface area contributed by atoms with Gasteiger partial charge in [-0.1, -0.05) is 18.2 Å². The number of hydrogen-bond donors (Lipinski definition) is 3. The largest absolute Gasteiger partial charge is 0.478 e. The number of benzene rings is 1. The van der Waals surface area contributed by atoms with Crippen LogP contribution in [0.1, 0.15) is 12.5 Å². The fourth-order valence-corrected chi connectivity index (χ4v) is 1.80. The van der Waals surface area contributed by atoms with Crippen LogP contribution in [0.3, 0.4) is 0 Å². The van der Waals surface area contributed by atoms with Gasteiger partial charge in [-0.15, -0.1) is 0 Å². The number of carbonyl (C=O) groups excluding carboxylic acids is 1. The van der Waals surface area contributed by atoms with E-state index in [1.807, 2.05) is 0 Å². The first-order valence-electron chi connectivity index (χ1n) is 5.01. The summed E-state index contributed by atoms with van der Waals surface area (Å²) in [6.45, 7) is 1.27. The first-order valence-corrected chi connectivity index (χ1v) is 5.01. The van der Waals surface area contributed by atoms with Crippen molar-refractivity contribution in [3.63, 3.8) is 0 Å². The topological polar surface area (TPSA) is 86.6 Å². The number of carboxylic acid groups (broad SMARTS) is 1. The molecule has 1 aliphatic heterocycles. The molecule has 1 heterocycles. The van der Waals surface area contributed by atoms with Gasteiger partial charge in [0.1, 0.15) is 0 Å². The predicted octanol–water partition coefficient (Wildman–Crippen LogP) is 0.858. The number of rotatable bonds is 1. The van der Waals surface area contributed by atoms with E-state index in [4.69, 9.17) is 5.11 Å². The molecule has 5 heteroatoms. The number of para-hydroxylation sites is 1. The zero-order chi connectivity index (χ0) is 12.6. The highest BCUT2D eigenvalue weighted by atomic mass is 16.4. The summed E-state index contributed by atoms with van der Waals surface area (Å²) in [4.78, 5) is 22.4. The maximum Gasteiger partial charge on any atom is 0.328 e. The molecule has 0 fully saturated rings. The van der Waals surface area contributed by atoms with Crippen LogP contribution in [-0.2, 0) is 9.59 Å². The molecule has 0 aromatic heterocycles. The molecule has 2 rings (SSSR count). The van der Waals surface area contributed by atoms with E-state index in [0.717, 1.165) is 6.08 Å². The maximum atomic E-state index is 11.7. The van der Waals surface area contributed by atoms with Crippen LogP contribution in [0.2, 0.25) is 0 Å². The Balaban J connectivity index is 2.68. The Morgan fingerprint density at radius 1 is 1.41 bits per heavy atom. The van der Waals surface area contributed by atoms with E-state index < -0.39 is 17.5 Å². The predicted molar refractivity (Wildman–Crippen MR) is 61.3 cm³/mol. The van der Waals surface area contributed by atoms with Gasteiger partial charge in [-0.25, -0.2) is 4.79 Å². The lowest BCUT2D eigenvalue weighted by Gasteiger charge is -2.31. The normalized spacial score (nSPS) is 25.3. The Bertz CT molecular complexity index is 531. The molecule has 3 N–H and O–H groups in total. The number of nitrogens with one attached hydrogen (secondary N) is 1. The number of fused-ring (bicyclic) bond motifs is 1. The Morgan fingerprint density at radius 2 is 2.06 bits per heavy atom. The highest BCUT2D eigenvalue weighted by molar-refractivity contribution is 6.14. The third kappa shape index (κ3) is 1.81. The van der Waals surface area contributed by atoms with Crippen LogP contribution < -0.4 is 5.32 Å². The second kappa shape index (κ2) is 3.71. The summed E-state index contributed by atoms with van der Waals surface area (Å²) >= 11 is 0. The van der Waals surface area contributed by atoms with Crippen molar-refractivity contribution in [2.24, 2.45) is 0 Å². The van der Waals surface area contributed by atoms with Gasteiger partial charge in [0.05, 0.1) is 0 Å². The summed E-state index contributed by atoms with van der Waals surface area (Å²) in [6, 6.07) is 6.73. The van der Waals surface area contributed by atoms with Crippen molar-refractivity contribution < 1.29 is 19.8 Å². The molecular weight excluding hydrogens is 222 g/mol. The van der Waals surface area contributed by atoms with Crippen LogP contribution in [0.4, 0.5) is 5.69 Å². The van der Waals surface area contributed by atoms with Gasteiger partial charge < -0.3 is 15.5 Å². The number of carbonyl (C=O) groups is 2. The third-order valence-electron chi connectivity index (χ3n) is 2.70. The lowest BCUT2D eigenvalue weighted by molar-refractivity contribution is -0.131. The summed E-state index contributed by atoms with van der Waals surface area (Å²) in [6.07, 6.45) is 0.859. The van der Waals surface area contributed by atoms with Crippen molar-refractivity contribution in [1.29, 1.82) is 0 Å². The molecule has 1 atom stereocenters. The van der Waals surface area contributed by atoms with Gasteiger partial charge in [-0.2, -0.15) is 0 Å². The highest BCUT2D eigenvalue weighted by Gasteiger charge is 2.40. The highest BCUT2D eigenvalue weighted by Crippen LogP contribution is 2.37. The molecule has 0 saturated heterocycles. The average Bonchev–Trinajstić information content (AvgIpc) is 2.25. The minimum absolute atomic E-state index is 0.0874. The van der Waals surface area contributed by atoms with Crippen LogP contribution in [0.25, 0.3) is 5.57 Å². The van der Waals surface area contributed by atoms with Crippen molar-refractivity contribution in [1.82, 2.24) is 0 Å². The minimum atomic E-state index is -1.84. The zero-order valence-electron chi connectivity index (χ0n) is 9.10. The fourth-order valence-electron chi connectivity index (χ4n) is 1.80. The quantitative estimate of drug-likeness (QED) is 0.628. The zero-order valence-corrected chi connectivity index (χ0v) is 9.10. The second-order valence-corrected chi connectivity index (χ2v) is 3.97. The van der Waals surface area contributed by atoms with E-state index in [1.165, 1.54) is 6.92 Å². The molecule has 0 bridgehead atoms. The van der Waals surface area contributed by atoms with Crippen LogP contribution >= 0.6 is 0 Å². The number of aliphatic carboxylic acids is 1. The molecule has 0 saturated carbocycles. The fraction of sp³-hybridized carbons (Fsp3) is 0.167. The Hall–Kier alpha value is -2.14. The van der Waals surface area contributed by atoms with Crippen LogP contribution in [0.15, 0.2) is 30.3 Å². The lowest BCUT2D eigenvalue weighted by atomic mass is 9.84. The van der Waals surface area contributed by atoms with Crippen molar-refractivity contribution in [2.45, 2.75) is 12.5 Å². The molecule has 0 spiro atoms. The van der Waals surface area contributed by atoms with Gasteiger partial charge >= 0.3 is 5.97 Å². The van der Waals surface area contributed by atoms with Crippen molar-refractivity contribution in [2.75, 3.05) is 5.32 Å². The average molecular weight is 233 g/mol. The van der Waals surface area contributed by atoms with E-state index in [0.29, 0.717) is 11.3 Å². The molecule has 17 heavy (non-hydrogen) atoms. The Labute approximate surface area is 97.4 Å². The first kappa shape index (κ1) is 11.3. The lowest BCUT2D eigenvalue weighted by Crippen LogP contribution is -2.44. The summed E-state index contributed by atoms with van der Waals surface area (Å²) in [7, 11) is 0. The molecule has 0 aliphatic carbocycles. The summed E-state index contributed by atoms with van der Waals surface area (Å²) in [5.74, 6) is -1.84. The Morgan fingerprint density at radius 3 is 2.71 bits per heavy atom. The van der Waals surface area contributed by atoms with Crippen LogP contribution in [0.5, 0.6) is 0 Å². The molecule has 88 valence electrons. The standard InChI is InChI=1S/C12H11NO4/c1-12(17)8(6-10(14)15)7-4-2-3-5-9(7)13-11(12)16/h2-6,17H,1H3,(H,13,16)(H,14,15)/b8-6+. The summed E-state index contributed by atoms with van der Waals surface area (Å²) in [5, 5.41) is 21.4. The van der Waals surface area contributed by atoms with Gasteiger partial charge in [0.25, 0.3) is 5.91 Å². The number of anilines is 1. The van der Waals surface area contributed by atoms with E-state index >= 15 is 0 Å². The SMILES string of the molecule is CC1(O)C(=O)Nc2ccccc2/C1=C\C(=O)O. The van der Waals surface area contributed by atoms with Crippen molar-refractivity contribution in [3.05, 3.63) is 35.9 Å².